The summed E-state index contributed by atoms with van der Waals surface area (Å²) < 4.78 is 13.4. The van der Waals surface area contributed by atoms with Gasteiger partial charge in [-0.2, -0.15) is 4.98 Å². The van der Waals surface area contributed by atoms with Crippen molar-refractivity contribution in [2.45, 2.75) is 149 Å². The lowest BCUT2D eigenvalue weighted by Crippen LogP contribution is -2.50. The molecule has 3 heterocycles. The molecule has 1 aliphatic heterocycles. The van der Waals surface area contributed by atoms with Crippen molar-refractivity contribution in [2.75, 3.05) is 56.0 Å². The van der Waals surface area contributed by atoms with Gasteiger partial charge < -0.3 is 34.4 Å². The number of para-hydroxylation sites is 1. The molecule has 0 spiro atoms. The Bertz CT molecular complexity index is 1830. The van der Waals surface area contributed by atoms with Crippen molar-refractivity contribution in [3.05, 3.63) is 36.2 Å². The number of fused-ring (bicyclic) bond motifs is 1. The van der Waals surface area contributed by atoms with Gasteiger partial charge in [0.15, 0.2) is 0 Å². The molecule has 1 saturated heterocycles. The number of nitrogens with zero attached hydrogens (tertiary/aromatic N) is 9. The second-order valence-corrected chi connectivity index (χ2v) is 18.5. The fraction of sp³-hybridized carbons (Fsp3) is 0.705. The predicted octanol–water partition coefficient (Wildman–Crippen LogP) is 7.65. The average Bonchev–Trinajstić information content (AvgIpc) is 3.67. The van der Waals surface area contributed by atoms with Gasteiger partial charge in [0.25, 0.3) is 0 Å². The van der Waals surface area contributed by atoms with Crippen LogP contribution in [0.25, 0.3) is 10.9 Å². The van der Waals surface area contributed by atoms with Gasteiger partial charge in [0, 0.05) is 69.7 Å². The number of ether oxygens (including phenoxy) is 2. The van der Waals surface area contributed by atoms with E-state index >= 15 is 0 Å². The molecular formula is C44H68N10O5. The first-order chi connectivity index (χ1) is 28.2. The third-order valence-corrected chi connectivity index (χ3v) is 11.4. The number of carbonyl (C=O) groups excluding carboxylic acids is 3. The Labute approximate surface area is 350 Å². The number of piperazine rings is 1. The van der Waals surface area contributed by atoms with Crippen LogP contribution in [0.15, 0.2) is 30.5 Å². The molecule has 6 rings (SSSR count). The molecule has 3 fully saturated rings. The van der Waals surface area contributed by atoms with Crippen molar-refractivity contribution in [2.24, 2.45) is 5.92 Å². The standard InChI is InChI=1S/C44H68N10O5/c1-43(2,3)58-41(56)52(24-16-26-54(35-19-11-8-12-20-35)42(57)59-44(4,5)6)23-15-25-53-32-34(48-49-53)31-45-40-46-37-22-14-13-21-36(37)38(47-40)50-27-29-51(30-28-50)39(55)33-17-9-7-10-18-33/h13-14,21-22,32-33,35H,7-12,15-20,23-31H2,1-6H3,(H,45,46,47). The number of carbonyl (C=O) groups is 3. The lowest BCUT2D eigenvalue weighted by atomic mass is 9.88. The maximum absolute atomic E-state index is 13.4. The van der Waals surface area contributed by atoms with E-state index in [1.54, 1.807) is 9.58 Å². The van der Waals surface area contributed by atoms with Crippen LogP contribution < -0.4 is 10.2 Å². The number of benzene rings is 1. The molecule has 15 nitrogen and oxygen atoms in total. The van der Waals surface area contributed by atoms with Crippen molar-refractivity contribution in [3.63, 3.8) is 0 Å². The summed E-state index contributed by atoms with van der Waals surface area (Å²) in [4.78, 5) is 57.6. The first kappa shape index (κ1) is 43.9. The number of rotatable bonds is 14. The molecule has 0 unspecified atom stereocenters. The molecule has 1 N–H and O–H groups in total. The number of nitrogens with one attached hydrogen (secondary N) is 1. The van der Waals surface area contributed by atoms with Crippen LogP contribution in [0.3, 0.4) is 0 Å². The highest BCUT2D eigenvalue weighted by Gasteiger charge is 2.31. The van der Waals surface area contributed by atoms with Crippen LogP contribution in [-0.2, 0) is 27.4 Å². The van der Waals surface area contributed by atoms with Gasteiger partial charge in [0.2, 0.25) is 11.9 Å². The minimum absolute atomic E-state index is 0.157. The molecule has 3 aliphatic rings. The van der Waals surface area contributed by atoms with E-state index in [1.807, 2.05) is 75.7 Å². The summed E-state index contributed by atoms with van der Waals surface area (Å²) in [7, 11) is 0. The summed E-state index contributed by atoms with van der Waals surface area (Å²) in [5.74, 6) is 1.88. The Hall–Kier alpha value is -4.69. The second-order valence-electron chi connectivity index (χ2n) is 18.5. The molecule has 3 aromatic rings. The molecule has 2 aliphatic carbocycles. The zero-order valence-corrected chi connectivity index (χ0v) is 36.5. The topological polar surface area (TPSA) is 151 Å². The lowest BCUT2D eigenvalue weighted by Gasteiger charge is -2.38. The van der Waals surface area contributed by atoms with E-state index in [9.17, 15) is 14.4 Å². The summed E-state index contributed by atoms with van der Waals surface area (Å²) in [5.41, 5.74) is 0.385. The van der Waals surface area contributed by atoms with Crippen LogP contribution >= 0.6 is 0 Å². The highest BCUT2D eigenvalue weighted by molar-refractivity contribution is 5.90. The minimum atomic E-state index is -0.632. The van der Waals surface area contributed by atoms with Gasteiger partial charge >= 0.3 is 12.2 Å². The highest BCUT2D eigenvalue weighted by atomic mass is 16.6. The van der Waals surface area contributed by atoms with Crippen molar-refractivity contribution < 1.29 is 23.9 Å². The summed E-state index contributed by atoms with van der Waals surface area (Å²) in [5, 5.41) is 13.1. The van der Waals surface area contributed by atoms with Crippen LogP contribution in [0.2, 0.25) is 0 Å². The summed E-state index contributed by atoms with van der Waals surface area (Å²) >= 11 is 0. The number of amides is 3. The van der Waals surface area contributed by atoms with Gasteiger partial charge in [-0.15, -0.1) is 5.10 Å². The quantitative estimate of drug-likeness (QED) is 0.171. The van der Waals surface area contributed by atoms with E-state index in [4.69, 9.17) is 19.4 Å². The van der Waals surface area contributed by atoms with Crippen molar-refractivity contribution in [3.8, 4) is 0 Å². The molecule has 15 heteroatoms. The number of aryl methyl sites for hydroxylation is 1. The number of hydrogen-bond donors (Lipinski definition) is 1. The van der Waals surface area contributed by atoms with Gasteiger partial charge in [-0.1, -0.05) is 55.9 Å². The van der Waals surface area contributed by atoms with E-state index < -0.39 is 11.2 Å². The number of aromatic nitrogens is 5. The van der Waals surface area contributed by atoms with E-state index in [0.717, 1.165) is 86.9 Å². The van der Waals surface area contributed by atoms with E-state index in [2.05, 4.69) is 26.6 Å². The maximum atomic E-state index is 13.4. The zero-order chi connectivity index (χ0) is 42.0. The van der Waals surface area contributed by atoms with Crippen molar-refractivity contribution in [1.82, 2.24) is 39.7 Å². The molecule has 1 aromatic carbocycles. The summed E-state index contributed by atoms with van der Waals surface area (Å²) in [6.07, 6.45) is 13.5. The molecule has 2 saturated carbocycles. The van der Waals surface area contributed by atoms with Crippen LogP contribution in [0.1, 0.15) is 124 Å². The Balaban J connectivity index is 1.02. The van der Waals surface area contributed by atoms with Crippen molar-refractivity contribution >= 4 is 40.8 Å². The summed E-state index contributed by atoms with van der Waals surface area (Å²) in [6.45, 7) is 16.5. The largest absolute Gasteiger partial charge is 0.444 e. The first-order valence-electron chi connectivity index (χ1n) is 22.1. The van der Waals surface area contributed by atoms with Crippen LogP contribution in [0.4, 0.5) is 21.4 Å². The molecule has 0 atom stereocenters. The van der Waals surface area contributed by atoms with E-state index in [-0.39, 0.29) is 24.1 Å². The van der Waals surface area contributed by atoms with Gasteiger partial charge in [-0.25, -0.2) is 14.6 Å². The van der Waals surface area contributed by atoms with Gasteiger partial charge in [-0.3, -0.25) is 9.48 Å². The third kappa shape index (κ3) is 12.9. The molecule has 3 amide bonds. The number of hydrogen-bond acceptors (Lipinski definition) is 11. The Kier molecular flexibility index (Phi) is 14.9. The van der Waals surface area contributed by atoms with E-state index in [0.29, 0.717) is 70.5 Å². The Morgan fingerprint density at radius 3 is 2.12 bits per heavy atom. The van der Waals surface area contributed by atoms with Gasteiger partial charge in [0.1, 0.15) is 22.7 Å². The van der Waals surface area contributed by atoms with Gasteiger partial charge in [-0.05, 0) is 92.2 Å². The smallest absolute Gasteiger partial charge is 0.410 e. The SMILES string of the molecule is CC(C)(C)OC(=O)N(CCCN(C(=O)OC(C)(C)C)C1CCCCC1)CCCn1cc(CNc2nc(N3CCN(C(=O)C4CCCCC4)CC3)c3ccccc3n2)nn1. The zero-order valence-electron chi connectivity index (χ0n) is 36.5. The van der Waals surface area contributed by atoms with Crippen LogP contribution in [0.5, 0.6) is 0 Å². The lowest BCUT2D eigenvalue weighted by molar-refractivity contribution is -0.136. The van der Waals surface area contributed by atoms with Crippen LogP contribution in [-0.4, -0.2) is 121 Å². The number of anilines is 2. The third-order valence-electron chi connectivity index (χ3n) is 11.4. The van der Waals surface area contributed by atoms with Crippen LogP contribution in [0, 0.1) is 5.92 Å². The first-order valence-corrected chi connectivity index (χ1v) is 22.1. The average molecular weight is 817 g/mol. The monoisotopic (exact) mass is 817 g/mol. The normalized spacial score (nSPS) is 17.2. The fourth-order valence-electron chi connectivity index (χ4n) is 8.44. The predicted molar refractivity (Wildman–Crippen MR) is 229 cm³/mol. The molecule has 324 valence electrons. The second kappa shape index (κ2) is 20.0. The Morgan fingerprint density at radius 1 is 0.780 bits per heavy atom. The molecule has 0 radical (unpaired) electrons. The summed E-state index contributed by atoms with van der Waals surface area (Å²) in [6, 6.07) is 8.20. The minimum Gasteiger partial charge on any atom is -0.444 e. The van der Waals surface area contributed by atoms with E-state index in [1.165, 1.54) is 12.8 Å². The highest BCUT2D eigenvalue weighted by Crippen LogP contribution is 2.29. The van der Waals surface area contributed by atoms with Crippen molar-refractivity contribution in [1.29, 1.82) is 0 Å². The Morgan fingerprint density at radius 2 is 1.42 bits per heavy atom. The molecular weight excluding hydrogens is 749 g/mol. The molecule has 59 heavy (non-hydrogen) atoms. The van der Waals surface area contributed by atoms with Gasteiger partial charge in [0.05, 0.1) is 18.3 Å². The molecule has 0 bridgehead atoms. The fourth-order valence-corrected chi connectivity index (χ4v) is 8.44. The maximum Gasteiger partial charge on any atom is 0.410 e. The molecule has 2 aromatic heterocycles.